The lowest BCUT2D eigenvalue weighted by atomic mass is 10.2. The molecule has 0 bridgehead atoms. The molecule has 16 heavy (non-hydrogen) atoms. The minimum absolute atomic E-state index is 0.00497. The number of carboxylic acids is 1. The van der Waals surface area contributed by atoms with Crippen LogP contribution < -0.4 is 0 Å². The molecule has 1 aromatic carbocycles. The van der Waals surface area contributed by atoms with Crippen molar-refractivity contribution in [1.82, 2.24) is 15.0 Å². The number of hydrogen-bond donors (Lipinski definition) is 1. The van der Waals surface area contributed by atoms with Gasteiger partial charge in [0.25, 0.3) is 0 Å². The summed E-state index contributed by atoms with van der Waals surface area (Å²) in [5, 5.41) is 16.8. The third-order valence-electron chi connectivity index (χ3n) is 2.17. The van der Waals surface area contributed by atoms with Crippen LogP contribution in [0.2, 0.25) is 5.02 Å². The van der Waals surface area contributed by atoms with Crippen molar-refractivity contribution < 1.29 is 9.90 Å². The second-order valence-electron chi connectivity index (χ2n) is 3.27. The molecule has 1 heterocycles. The molecule has 2 rings (SSSR count). The molecule has 2 aromatic rings. The molecule has 0 amide bonds. The molecule has 0 saturated carbocycles. The lowest BCUT2D eigenvalue weighted by Crippen LogP contribution is -2.09. The molecule has 0 aliphatic rings. The Labute approximate surface area is 96.3 Å². The summed E-state index contributed by atoms with van der Waals surface area (Å²) in [4.78, 5) is 10.9. The van der Waals surface area contributed by atoms with E-state index in [1.165, 1.54) is 10.9 Å². The number of carbonyl (C=O) groups is 1. The summed E-state index contributed by atoms with van der Waals surface area (Å²) in [5.74, 6) is -1.08. The van der Waals surface area contributed by atoms with Crippen LogP contribution in [0.25, 0.3) is 5.69 Å². The first-order valence-corrected chi connectivity index (χ1v) is 4.88. The van der Waals surface area contributed by atoms with Crippen molar-refractivity contribution in [3.63, 3.8) is 0 Å². The number of carboxylic acid groups (broad SMARTS) is 1. The van der Waals surface area contributed by atoms with Gasteiger partial charge in [0.1, 0.15) is 0 Å². The van der Waals surface area contributed by atoms with E-state index in [1.807, 2.05) is 6.92 Å². The van der Waals surface area contributed by atoms with E-state index in [9.17, 15) is 4.79 Å². The van der Waals surface area contributed by atoms with Gasteiger partial charge < -0.3 is 5.11 Å². The zero-order valence-electron chi connectivity index (χ0n) is 8.38. The summed E-state index contributed by atoms with van der Waals surface area (Å²) in [6.45, 7) is 1.85. The van der Waals surface area contributed by atoms with Crippen LogP contribution in [0.5, 0.6) is 0 Å². The number of aryl methyl sites for hydroxylation is 1. The molecule has 0 saturated heterocycles. The molecule has 0 spiro atoms. The zero-order valence-corrected chi connectivity index (χ0v) is 9.14. The van der Waals surface area contributed by atoms with Crippen molar-refractivity contribution in [2.24, 2.45) is 0 Å². The maximum atomic E-state index is 10.9. The monoisotopic (exact) mass is 237 g/mol. The van der Waals surface area contributed by atoms with Crippen molar-refractivity contribution in [2.75, 3.05) is 0 Å². The van der Waals surface area contributed by atoms with Gasteiger partial charge in [-0.05, 0) is 24.6 Å². The van der Waals surface area contributed by atoms with Gasteiger partial charge >= 0.3 is 5.97 Å². The number of hydrogen-bond acceptors (Lipinski definition) is 3. The Hall–Kier alpha value is -1.88. The zero-order chi connectivity index (χ0) is 11.7. The highest BCUT2D eigenvalue weighted by atomic mass is 35.5. The number of aromatic carboxylic acids is 1. The standard InChI is InChI=1S/C10H8ClN3O2/c1-6-2-3-7(11)4-8(6)14-9(10(15)16)5-12-13-14/h2-5H,1H3,(H,15,16). The molecule has 0 unspecified atom stereocenters. The van der Waals surface area contributed by atoms with Gasteiger partial charge in [0, 0.05) is 5.02 Å². The summed E-state index contributed by atoms with van der Waals surface area (Å²) in [7, 11) is 0. The number of aromatic nitrogens is 3. The number of halogens is 1. The summed E-state index contributed by atoms with van der Waals surface area (Å²) < 4.78 is 1.25. The fourth-order valence-electron chi connectivity index (χ4n) is 1.37. The van der Waals surface area contributed by atoms with Crippen molar-refractivity contribution in [1.29, 1.82) is 0 Å². The second kappa shape index (κ2) is 3.94. The number of benzene rings is 1. The Morgan fingerprint density at radius 2 is 2.25 bits per heavy atom. The molecule has 1 N–H and O–H groups in total. The first kappa shape index (κ1) is 10.6. The van der Waals surface area contributed by atoms with Crippen molar-refractivity contribution >= 4 is 17.6 Å². The largest absolute Gasteiger partial charge is 0.476 e. The average Bonchev–Trinajstić information content (AvgIpc) is 2.70. The molecule has 82 valence electrons. The maximum absolute atomic E-state index is 10.9. The predicted molar refractivity (Wildman–Crippen MR) is 58.1 cm³/mol. The van der Waals surface area contributed by atoms with Crippen LogP contribution in [0.1, 0.15) is 16.1 Å². The van der Waals surface area contributed by atoms with Crippen LogP contribution in [-0.2, 0) is 0 Å². The van der Waals surface area contributed by atoms with E-state index in [-0.39, 0.29) is 5.69 Å². The molecule has 0 radical (unpaired) electrons. The Bertz CT molecular complexity index is 551. The highest BCUT2D eigenvalue weighted by Crippen LogP contribution is 2.19. The molecule has 0 aliphatic carbocycles. The minimum Gasteiger partial charge on any atom is -0.476 e. The van der Waals surface area contributed by atoms with Crippen LogP contribution >= 0.6 is 11.6 Å². The van der Waals surface area contributed by atoms with Gasteiger partial charge in [-0.3, -0.25) is 0 Å². The van der Waals surface area contributed by atoms with Crippen LogP contribution in [0, 0.1) is 6.92 Å². The lowest BCUT2D eigenvalue weighted by Gasteiger charge is -2.07. The van der Waals surface area contributed by atoms with Gasteiger partial charge in [-0.15, -0.1) is 5.10 Å². The third-order valence-corrected chi connectivity index (χ3v) is 2.40. The third kappa shape index (κ3) is 1.77. The molecule has 0 atom stereocenters. The summed E-state index contributed by atoms with van der Waals surface area (Å²) in [6, 6.07) is 5.18. The Morgan fingerprint density at radius 3 is 2.94 bits per heavy atom. The van der Waals surface area contributed by atoms with Crippen LogP contribution in [0.3, 0.4) is 0 Å². The first-order chi connectivity index (χ1) is 7.59. The lowest BCUT2D eigenvalue weighted by molar-refractivity contribution is 0.0687. The molecule has 6 heteroatoms. The summed E-state index contributed by atoms with van der Waals surface area (Å²) in [5.41, 5.74) is 1.49. The molecule has 0 aliphatic heterocycles. The van der Waals surface area contributed by atoms with Crippen LogP contribution in [-0.4, -0.2) is 26.1 Å². The Balaban J connectivity index is 2.62. The van der Waals surface area contributed by atoms with E-state index in [1.54, 1.807) is 18.2 Å². The predicted octanol–water partition coefficient (Wildman–Crippen LogP) is 1.93. The summed E-state index contributed by atoms with van der Waals surface area (Å²) >= 11 is 5.86. The van der Waals surface area contributed by atoms with E-state index < -0.39 is 5.97 Å². The van der Waals surface area contributed by atoms with Gasteiger partial charge in [-0.1, -0.05) is 22.9 Å². The molecule has 5 nitrogen and oxygen atoms in total. The molecular weight excluding hydrogens is 230 g/mol. The summed E-state index contributed by atoms with van der Waals surface area (Å²) in [6.07, 6.45) is 1.20. The van der Waals surface area contributed by atoms with E-state index in [0.717, 1.165) is 5.56 Å². The SMILES string of the molecule is Cc1ccc(Cl)cc1-n1nncc1C(=O)O. The van der Waals surface area contributed by atoms with E-state index in [0.29, 0.717) is 10.7 Å². The van der Waals surface area contributed by atoms with E-state index in [2.05, 4.69) is 10.3 Å². The van der Waals surface area contributed by atoms with E-state index in [4.69, 9.17) is 16.7 Å². The normalized spacial score (nSPS) is 10.4. The van der Waals surface area contributed by atoms with Crippen molar-refractivity contribution in [3.8, 4) is 5.69 Å². The highest BCUT2D eigenvalue weighted by Gasteiger charge is 2.14. The van der Waals surface area contributed by atoms with Gasteiger partial charge in [-0.2, -0.15) is 0 Å². The van der Waals surface area contributed by atoms with E-state index >= 15 is 0 Å². The molecular formula is C10H8ClN3O2. The molecule has 1 aromatic heterocycles. The molecule has 0 fully saturated rings. The second-order valence-corrected chi connectivity index (χ2v) is 3.70. The highest BCUT2D eigenvalue weighted by molar-refractivity contribution is 6.30. The first-order valence-electron chi connectivity index (χ1n) is 4.50. The van der Waals surface area contributed by atoms with Gasteiger partial charge in [-0.25, -0.2) is 9.48 Å². The van der Waals surface area contributed by atoms with Gasteiger partial charge in [0.05, 0.1) is 11.9 Å². The van der Waals surface area contributed by atoms with Crippen molar-refractivity contribution in [2.45, 2.75) is 6.92 Å². The fourth-order valence-corrected chi connectivity index (χ4v) is 1.54. The Morgan fingerprint density at radius 1 is 1.50 bits per heavy atom. The van der Waals surface area contributed by atoms with Crippen molar-refractivity contribution in [3.05, 3.63) is 40.7 Å². The smallest absolute Gasteiger partial charge is 0.356 e. The van der Waals surface area contributed by atoms with Gasteiger partial charge in [0.2, 0.25) is 0 Å². The maximum Gasteiger partial charge on any atom is 0.356 e. The Kier molecular flexibility index (Phi) is 2.62. The topological polar surface area (TPSA) is 68.0 Å². The van der Waals surface area contributed by atoms with Gasteiger partial charge in [0.15, 0.2) is 5.69 Å². The fraction of sp³-hybridized carbons (Fsp3) is 0.100. The number of rotatable bonds is 2. The number of nitrogens with zero attached hydrogens (tertiary/aromatic N) is 3. The average molecular weight is 238 g/mol. The quantitative estimate of drug-likeness (QED) is 0.867. The van der Waals surface area contributed by atoms with Crippen LogP contribution in [0.15, 0.2) is 24.4 Å². The van der Waals surface area contributed by atoms with Crippen LogP contribution in [0.4, 0.5) is 0 Å². The minimum atomic E-state index is -1.08.